The van der Waals surface area contributed by atoms with Crippen LogP contribution in [0, 0.1) is 0 Å². The van der Waals surface area contributed by atoms with E-state index < -0.39 is 0 Å². The number of ether oxygens (including phenoxy) is 1. The fraction of sp³-hybridized carbons (Fsp3) is 0.533. The summed E-state index contributed by atoms with van der Waals surface area (Å²) in [7, 11) is 0. The molecule has 1 saturated heterocycles. The third kappa shape index (κ3) is 2.89. The van der Waals surface area contributed by atoms with Crippen LogP contribution < -0.4 is 10.6 Å². The Morgan fingerprint density at radius 3 is 2.47 bits per heavy atom. The fourth-order valence-electron chi connectivity index (χ4n) is 2.29. The van der Waals surface area contributed by atoms with E-state index in [9.17, 15) is 4.79 Å². The molecule has 1 aromatic rings. The minimum atomic E-state index is -0.301. The summed E-state index contributed by atoms with van der Waals surface area (Å²) in [6.07, 6.45) is 0.480. The van der Waals surface area contributed by atoms with Gasteiger partial charge in [0, 0.05) is 18.7 Å². The lowest BCUT2D eigenvalue weighted by Crippen LogP contribution is -2.49. The molecule has 2 N–H and O–H groups in total. The van der Waals surface area contributed by atoms with Crippen molar-refractivity contribution in [3.05, 3.63) is 29.8 Å². The normalized spacial score (nSPS) is 20.3. The number of amides is 1. The van der Waals surface area contributed by atoms with Crippen molar-refractivity contribution in [1.82, 2.24) is 0 Å². The first-order valence-electron chi connectivity index (χ1n) is 6.70. The van der Waals surface area contributed by atoms with Crippen molar-refractivity contribution in [2.45, 2.75) is 38.6 Å². The molecule has 2 rings (SSSR count). The molecule has 1 atom stereocenters. The number of benzene rings is 1. The van der Waals surface area contributed by atoms with Crippen LogP contribution in [0.4, 0.5) is 10.5 Å². The van der Waals surface area contributed by atoms with Gasteiger partial charge in [0.15, 0.2) is 0 Å². The smallest absolute Gasteiger partial charge is 0.414 e. The first-order chi connectivity index (χ1) is 8.93. The van der Waals surface area contributed by atoms with Crippen LogP contribution >= 0.6 is 0 Å². The lowest BCUT2D eigenvalue weighted by atomic mass is 9.87. The zero-order valence-corrected chi connectivity index (χ0v) is 11.8. The number of hydrogen-bond acceptors (Lipinski definition) is 3. The minimum Gasteiger partial charge on any atom is -0.449 e. The third-order valence-electron chi connectivity index (χ3n) is 3.52. The summed E-state index contributed by atoms with van der Waals surface area (Å²) in [5.41, 5.74) is 7.94. The summed E-state index contributed by atoms with van der Waals surface area (Å²) >= 11 is 0. The van der Waals surface area contributed by atoms with E-state index in [4.69, 9.17) is 10.5 Å². The highest BCUT2D eigenvalue weighted by Gasteiger charge is 2.30. The van der Waals surface area contributed by atoms with Crippen LogP contribution in [0.3, 0.4) is 0 Å². The lowest BCUT2D eigenvalue weighted by molar-refractivity contribution is 0.130. The van der Waals surface area contributed by atoms with Gasteiger partial charge >= 0.3 is 6.09 Å². The number of hydrogen-bond donors (Lipinski definition) is 1. The molecule has 0 bridgehead atoms. The SMILES string of the molecule is CC(C)(C)c1ccc(N2C(=O)OCCC2CN)cc1. The lowest BCUT2D eigenvalue weighted by Gasteiger charge is -2.34. The van der Waals surface area contributed by atoms with Crippen molar-refractivity contribution >= 4 is 11.8 Å². The minimum absolute atomic E-state index is 0.0294. The van der Waals surface area contributed by atoms with E-state index in [1.165, 1.54) is 5.56 Å². The van der Waals surface area contributed by atoms with Crippen LogP contribution in [0.15, 0.2) is 24.3 Å². The average Bonchev–Trinajstić information content (AvgIpc) is 2.37. The molecule has 4 nitrogen and oxygen atoms in total. The molecule has 4 heteroatoms. The molecule has 0 radical (unpaired) electrons. The first kappa shape index (κ1) is 13.9. The summed E-state index contributed by atoms with van der Waals surface area (Å²) in [6.45, 7) is 7.41. The quantitative estimate of drug-likeness (QED) is 0.891. The van der Waals surface area contributed by atoms with E-state index in [2.05, 4.69) is 32.9 Å². The van der Waals surface area contributed by atoms with Crippen molar-refractivity contribution in [2.75, 3.05) is 18.1 Å². The van der Waals surface area contributed by atoms with Crippen molar-refractivity contribution < 1.29 is 9.53 Å². The Labute approximate surface area is 114 Å². The van der Waals surface area contributed by atoms with Gasteiger partial charge in [-0.2, -0.15) is 0 Å². The standard InChI is InChI=1S/C15H22N2O2/c1-15(2,3)11-4-6-12(7-5-11)17-13(10-16)8-9-19-14(17)18/h4-7,13H,8-10,16H2,1-3H3. The molecule has 1 heterocycles. The highest BCUT2D eigenvalue weighted by molar-refractivity contribution is 5.89. The maximum Gasteiger partial charge on any atom is 0.414 e. The van der Waals surface area contributed by atoms with Gasteiger partial charge in [-0.3, -0.25) is 4.90 Å². The molecule has 19 heavy (non-hydrogen) atoms. The van der Waals surface area contributed by atoms with E-state index in [-0.39, 0.29) is 17.6 Å². The Kier molecular flexibility index (Phi) is 3.80. The molecular formula is C15H22N2O2. The molecule has 0 saturated carbocycles. The summed E-state index contributed by atoms with van der Waals surface area (Å²) in [5, 5.41) is 0. The van der Waals surface area contributed by atoms with Crippen LogP contribution in [0.2, 0.25) is 0 Å². The second-order valence-electron chi connectivity index (χ2n) is 5.96. The van der Waals surface area contributed by atoms with Crippen LogP contribution in [0.5, 0.6) is 0 Å². The van der Waals surface area contributed by atoms with Crippen LogP contribution in [0.1, 0.15) is 32.8 Å². The van der Waals surface area contributed by atoms with E-state index in [1.807, 2.05) is 12.1 Å². The summed E-state index contributed by atoms with van der Waals surface area (Å²) < 4.78 is 5.11. The molecule has 1 fully saturated rings. The van der Waals surface area contributed by atoms with Gasteiger partial charge in [-0.15, -0.1) is 0 Å². The topological polar surface area (TPSA) is 55.6 Å². The Bertz CT molecular complexity index is 448. The van der Waals surface area contributed by atoms with Gasteiger partial charge in [-0.1, -0.05) is 32.9 Å². The molecular weight excluding hydrogens is 240 g/mol. The van der Waals surface area contributed by atoms with Gasteiger partial charge in [0.25, 0.3) is 0 Å². The van der Waals surface area contributed by atoms with E-state index >= 15 is 0 Å². The predicted molar refractivity (Wildman–Crippen MR) is 76.4 cm³/mol. The van der Waals surface area contributed by atoms with Crippen molar-refractivity contribution in [2.24, 2.45) is 5.73 Å². The Morgan fingerprint density at radius 2 is 1.95 bits per heavy atom. The van der Waals surface area contributed by atoms with E-state index in [0.717, 1.165) is 12.1 Å². The van der Waals surface area contributed by atoms with Gasteiger partial charge in [0.05, 0.1) is 12.6 Å². The Balaban J connectivity index is 2.27. The summed E-state index contributed by atoms with van der Waals surface area (Å²) in [6, 6.07) is 8.09. The zero-order chi connectivity index (χ0) is 14.0. The molecule has 1 aliphatic heterocycles. The van der Waals surface area contributed by atoms with Gasteiger partial charge in [0.1, 0.15) is 0 Å². The molecule has 1 amide bonds. The van der Waals surface area contributed by atoms with E-state index in [1.54, 1.807) is 4.90 Å². The van der Waals surface area contributed by atoms with Crippen molar-refractivity contribution in [1.29, 1.82) is 0 Å². The number of rotatable bonds is 2. The zero-order valence-electron chi connectivity index (χ0n) is 11.8. The molecule has 1 aromatic carbocycles. The predicted octanol–water partition coefficient (Wildman–Crippen LogP) is 2.66. The Hall–Kier alpha value is -1.55. The van der Waals surface area contributed by atoms with E-state index in [0.29, 0.717) is 13.2 Å². The molecule has 1 aliphatic rings. The maximum atomic E-state index is 11.9. The number of carbonyl (C=O) groups excluding carboxylic acids is 1. The van der Waals surface area contributed by atoms with Gasteiger partial charge in [-0.05, 0) is 23.1 Å². The van der Waals surface area contributed by atoms with Gasteiger partial charge < -0.3 is 10.5 Å². The summed E-state index contributed by atoms with van der Waals surface area (Å²) in [4.78, 5) is 13.6. The number of anilines is 1. The number of carbonyl (C=O) groups is 1. The monoisotopic (exact) mass is 262 g/mol. The second-order valence-corrected chi connectivity index (χ2v) is 5.96. The highest BCUT2D eigenvalue weighted by atomic mass is 16.6. The first-order valence-corrected chi connectivity index (χ1v) is 6.70. The fourth-order valence-corrected chi connectivity index (χ4v) is 2.29. The average molecular weight is 262 g/mol. The molecule has 1 unspecified atom stereocenters. The van der Waals surface area contributed by atoms with Crippen LogP contribution in [-0.2, 0) is 10.2 Å². The highest BCUT2D eigenvalue weighted by Crippen LogP contribution is 2.27. The maximum absolute atomic E-state index is 11.9. The molecule has 0 spiro atoms. The molecule has 0 aromatic heterocycles. The number of nitrogens with zero attached hydrogens (tertiary/aromatic N) is 1. The number of cyclic esters (lactones) is 1. The largest absolute Gasteiger partial charge is 0.449 e. The van der Waals surface area contributed by atoms with Crippen LogP contribution in [0.25, 0.3) is 0 Å². The van der Waals surface area contributed by atoms with Gasteiger partial charge in [0.2, 0.25) is 0 Å². The third-order valence-corrected chi connectivity index (χ3v) is 3.52. The van der Waals surface area contributed by atoms with Gasteiger partial charge in [-0.25, -0.2) is 4.79 Å². The van der Waals surface area contributed by atoms with Crippen LogP contribution in [-0.4, -0.2) is 25.3 Å². The van der Waals surface area contributed by atoms with Crippen molar-refractivity contribution in [3.8, 4) is 0 Å². The Morgan fingerprint density at radius 1 is 1.32 bits per heavy atom. The van der Waals surface area contributed by atoms with Crippen molar-refractivity contribution in [3.63, 3.8) is 0 Å². The molecule has 0 aliphatic carbocycles. The second kappa shape index (κ2) is 5.21. The summed E-state index contributed by atoms with van der Waals surface area (Å²) in [5.74, 6) is 0. The molecule has 104 valence electrons. The number of nitrogens with two attached hydrogens (primary N) is 1.